The molecular formula is C16H22N2O2. The van der Waals surface area contributed by atoms with Gasteiger partial charge in [0, 0.05) is 24.9 Å². The number of nitrogens with zero attached hydrogens (tertiary/aromatic N) is 2. The van der Waals surface area contributed by atoms with Crippen LogP contribution in [0, 0.1) is 0 Å². The number of aromatic nitrogens is 1. The predicted octanol–water partition coefficient (Wildman–Crippen LogP) is 2.18. The fraction of sp³-hybridized carbons (Fsp3) is 0.625. The number of fused-ring (bicyclic) bond motifs is 1. The van der Waals surface area contributed by atoms with Crippen molar-refractivity contribution in [2.24, 2.45) is 0 Å². The van der Waals surface area contributed by atoms with Gasteiger partial charge in [0.2, 0.25) is 5.91 Å². The molecule has 1 aliphatic carbocycles. The Morgan fingerprint density at radius 2 is 2.35 bits per heavy atom. The van der Waals surface area contributed by atoms with Gasteiger partial charge in [0.25, 0.3) is 0 Å². The van der Waals surface area contributed by atoms with Crippen LogP contribution in [0.2, 0.25) is 0 Å². The number of hydrogen-bond acceptors (Lipinski definition) is 3. The smallest absolute Gasteiger partial charge is 0.222 e. The van der Waals surface area contributed by atoms with Gasteiger partial charge in [-0.05, 0) is 44.2 Å². The standard InChI is InChI=1S/C16H22N2O2/c19-16(9-3-6-13-5-1-2-10-17-13)18-11-12-20-15-8-4-7-14(15)18/h1-2,5,10,14-15H,3-4,6-9,11-12H2/t14-,15+/m0/s1. The van der Waals surface area contributed by atoms with Crippen molar-refractivity contribution in [3.05, 3.63) is 30.1 Å². The van der Waals surface area contributed by atoms with Gasteiger partial charge in [0.1, 0.15) is 0 Å². The van der Waals surface area contributed by atoms with Crippen LogP contribution in [0.4, 0.5) is 0 Å². The lowest BCUT2D eigenvalue weighted by Gasteiger charge is -2.37. The molecule has 1 aromatic heterocycles. The first-order valence-corrected chi connectivity index (χ1v) is 7.65. The van der Waals surface area contributed by atoms with E-state index in [-0.39, 0.29) is 0 Å². The minimum absolute atomic E-state index is 0.293. The number of hydrogen-bond donors (Lipinski definition) is 0. The minimum Gasteiger partial charge on any atom is -0.374 e. The maximum Gasteiger partial charge on any atom is 0.222 e. The van der Waals surface area contributed by atoms with Crippen molar-refractivity contribution < 1.29 is 9.53 Å². The van der Waals surface area contributed by atoms with Crippen molar-refractivity contribution in [3.63, 3.8) is 0 Å². The lowest BCUT2D eigenvalue weighted by atomic mass is 10.1. The van der Waals surface area contributed by atoms with Gasteiger partial charge in [-0.15, -0.1) is 0 Å². The summed E-state index contributed by atoms with van der Waals surface area (Å²) < 4.78 is 5.75. The van der Waals surface area contributed by atoms with Crippen LogP contribution in [0.5, 0.6) is 0 Å². The van der Waals surface area contributed by atoms with Crippen LogP contribution in [-0.2, 0) is 16.0 Å². The van der Waals surface area contributed by atoms with Crippen LogP contribution in [0.25, 0.3) is 0 Å². The molecule has 1 amide bonds. The molecule has 1 aliphatic heterocycles. The van der Waals surface area contributed by atoms with Crippen LogP contribution in [-0.4, -0.2) is 41.1 Å². The Morgan fingerprint density at radius 3 is 3.20 bits per heavy atom. The van der Waals surface area contributed by atoms with E-state index in [2.05, 4.69) is 9.88 Å². The molecule has 0 unspecified atom stereocenters. The fourth-order valence-corrected chi connectivity index (χ4v) is 3.35. The number of aryl methyl sites for hydroxylation is 1. The van der Waals surface area contributed by atoms with Crippen molar-refractivity contribution in [2.45, 2.75) is 50.7 Å². The van der Waals surface area contributed by atoms with Gasteiger partial charge in [-0.2, -0.15) is 0 Å². The van der Waals surface area contributed by atoms with Crippen molar-refractivity contribution >= 4 is 5.91 Å². The quantitative estimate of drug-likeness (QED) is 0.845. The molecule has 2 fully saturated rings. The summed E-state index contributed by atoms with van der Waals surface area (Å²) in [4.78, 5) is 18.7. The Morgan fingerprint density at radius 1 is 1.40 bits per heavy atom. The maximum absolute atomic E-state index is 12.4. The summed E-state index contributed by atoms with van der Waals surface area (Å²) in [6.07, 6.45) is 7.90. The summed E-state index contributed by atoms with van der Waals surface area (Å²) in [6, 6.07) is 6.27. The summed E-state index contributed by atoms with van der Waals surface area (Å²) in [5.41, 5.74) is 1.07. The zero-order valence-electron chi connectivity index (χ0n) is 11.8. The second-order valence-corrected chi connectivity index (χ2v) is 5.67. The highest BCUT2D eigenvalue weighted by molar-refractivity contribution is 5.76. The first-order chi connectivity index (χ1) is 9.84. The van der Waals surface area contributed by atoms with Gasteiger partial charge >= 0.3 is 0 Å². The number of rotatable bonds is 4. The highest BCUT2D eigenvalue weighted by atomic mass is 16.5. The molecule has 0 aromatic carbocycles. The van der Waals surface area contributed by atoms with Crippen LogP contribution in [0.1, 0.15) is 37.8 Å². The molecule has 3 rings (SSSR count). The van der Waals surface area contributed by atoms with Gasteiger partial charge in [0.05, 0.1) is 18.8 Å². The van der Waals surface area contributed by atoms with Crippen molar-refractivity contribution in [1.82, 2.24) is 9.88 Å². The van der Waals surface area contributed by atoms with Gasteiger partial charge < -0.3 is 9.64 Å². The van der Waals surface area contributed by atoms with Gasteiger partial charge in [-0.1, -0.05) is 6.07 Å². The third-order valence-corrected chi connectivity index (χ3v) is 4.35. The lowest BCUT2D eigenvalue weighted by molar-refractivity contribution is -0.144. The zero-order chi connectivity index (χ0) is 13.8. The third-order valence-electron chi connectivity index (χ3n) is 4.35. The minimum atomic E-state index is 0.293. The average molecular weight is 274 g/mol. The molecule has 0 spiro atoms. The fourth-order valence-electron chi connectivity index (χ4n) is 3.35. The molecule has 2 atom stereocenters. The molecule has 20 heavy (non-hydrogen) atoms. The number of ether oxygens (including phenoxy) is 1. The molecule has 2 heterocycles. The third kappa shape index (κ3) is 3.01. The van der Waals surface area contributed by atoms with Gasteiger partial charge in [-0.3, -0.25) is 9.78 Å². The first-order valence-electron chi connectivity index (χ1n) is 7.65. The van der Waals surface area contributed by atoms with Crippen LogP contribution in [0.3, 0.4) is 0 Å². The summed E-state index contributed by atoms with van der Waals surface area (Å²) in [5.74, 6) is 0.293. The molecular weight excluding hydrogens is 252 g/mol. The molecule has 1 saturated carbocycles. The van der Waals surface area contributed by atoms with E-state index in [1.807, 2.05) is 24.4 Å². The highest BCUT2D eigenvalue weighted by Crippen LogP contribution is 2.30. The Balaban J connectivity index is 1.49. The highest BCUT2D eigenvalue weighted by Gasteiger charge is 2.37. The maximum atomic E-state index is 12.4. The summed E-state index contributed by atoms with van der Waals surface area (Å²) in [6.45, 7) is 1.47. The number of pyridine rings is 1. The monoisotopic (exact) mass is 274 g/mol. The molecule has 108 valence electrons. The molecule has 2 aliphatic rings. The Bertz CT molecular complexity index is 449. The average Bonchev–Trinajstić information content (AvgIpc) is 2.96. The number of carbonyl (C=O) groups excluding carboxylic acids is 1. The molecule has 4 heteroatoms. The second kappa shape index (κ2) is 6.35. The van der Waals surface area contributed by atoms with E-state index in [1.165, 1.54) is 6.42 Å². The van der Waals surface area contributed by atoms with Crippen LogP contribution in [0.15, 0.2) is 24.4 Å². The van der Waals surface area contributed by atoms with Gasteiger partial charge in [-0.25, -0.2) is 0 Å². The SMILES string of the molecule is O=C(CCCc1ccccn1)N1CCO[C@@H]2CCC[C@@H]21. The molecule has 1 aromatic rings. The van der Waals surface area contributed by atoms with Crippen molar-refractivity contribution in [3.8, 4) is 0 Å². The van der Waals surface area contributed by atoms with E-state index in [9.17, 15) is 4.79 Å². The number of amides is 1. The van der Waals surface area contributed by atoms with E-state index in [1.54, 1.807) is 0 Å². The molecule has 1 saturated heterocycles. The van der Waals surface area contributed by atoms with Crippen LogP contribution < -0.4 is 0 Å². The number of morpholine rings is 1. The van der Waals surface area contributed by atoms with E-state index in [0.717, 1.165) is 37.9 Å². The Hall–Kier alpha value is -1.42. The largest absolute Gasteiger partial charge is 0.374 e. The molecule has 0 radical (unpaired) electrons. The zero-order valence-corrected chi connectivity index (χ0v) is 11.8. The first kappa shape index (κ1) is 13.6. The normalized spacial score (nSPS) is 25.5. The topological polar surface area (TPSA) is 42.4 Å². The lowest BCUT2D eigenvalue weighted by Crippen LogP contribution is -2.51. The predicted molar refractivity (Wildman–Crippen MR) is 76.3 cm³/mol. The van der Waals surface area contributed by atoms with Crippen LogP contribution >= 0.6 is 0 Å². The molecule has 0 N–H and O–H groups in total. The second-order valence-electron chi connectivity index (χ2n) is 5.67. The van der Waals surface area contributed by atoms with E-state index >= 15 is 0 Å². The van der Waals surface area contributed by atoms with Gasteiger partial charge in [0.15, 0.2) is 0 Å². The van der Waals surface area contributed by atoms with Crippen molar-refractivity contribution in [2.75, 3.05) is 13.2 Å². The van der Waals surface area contributed by atoms with E-state index < -0.39 is 0 Å². The summed E-state index contributed by atoms with van der Waals surface area (Å²) in [7, 11) is 0. The Kier molecular flexibility index (Phi) is 4.31. The molecule has 4 nitrogen and oxygen atoms in total. The summed E-state index contributed by atoms with van der Waals surface area (Å²) in [5, 5.41) is 0. The molecule has 0 bridgehead atoms. The van der Waals surface area contributed by atoms with E-state index in [0.29, 0.717) is 31.1 Å². The summed E-state index contributed by atoms with van der Waals surface area (Å²) >= 11 is 0. The van der Waals surface area contributed by atoms with Crippen molar-refractivity contribution in [1.29, 1.82) is 0 Å². The van der Waals surface area contributed by atoms with E-state index in [4.69, 9.17) is 4.74 Å². The Labute approximate surface area is 120 Å². The number of carbonyl (C=O) groups is 1.